The van der Waals surface area contributed by atoms with E-state index in [1.165, 1.54) is 0 Å². The SMILES string of the molecule is Cc1cc(C(C)C)nc(NCCOCCC(C)C)n1. The Labute approximate surface area is 117 Å². The fourth-order valence-corrected chi connectivity index (χ4v) is 1.62. The van der Waals surface area contributed by atoms with E-state index in [-0.39, 0.29) is 0 Å². The van der Waals surface area contributed by atoms with Gasteiger partial charge in [0, 0.05) is 24.5 Å². The molecule has 0 bridgehead atoms. The maximum absolute atomic E-state index is 5.56. The number of nitrogens with one attached hydrogen (secondary N) is 1. The molecule has 1 heterocycles. The summed E-state index contributed by atoms with van der Waals surface area (Å²) >= 11 is 0. The zero-order valence-corrected chi connectivity index (χ0v) is 12.9. The molecule has 1 N–H and O–H groups in total. The second-order valence-electron chi connectivity index (χ2n) is 5.63. The quantitative estimate of drug-likeness (QED) is 0.732. The van der Waals surface area contributed by atoms with E-state index in [9.17, 15) is 0 Å². The van der Waals surface area contributed by atoms with Crippen LogP contribution in [0.25, 0.3) is 0 Å². The molecule has 1 rings (SSSR count). The van der Waals surface area contributed by atoms with Crippen LogP contribution in [0.15, 0.2) is 6.07 Å². The van der Waals surface area contributed by atoms with Gasteiger partial charge in [-0.1, -0.05) is 27.7 Å². The number of ether oxygens (including phenoxy) is 1. The summed E-state index contributed by atoms with van der Waals surface area (Å²) < 4.78 is 5.56. The molecule has 1 aromatic rings. The summed E-state index contributed by atoms with van der Waals surface area (Å²) in [7, 11) is 0. The van der Waals surface area contributed by atoms with E-state index in [4.69, 9.17) is 4.74 Å². The first-order valence-corrected chi connectivity index (χ1v) is 7.16. The molecule has 4 heteroatoms. The summed E-state index contributed by atoms with van der Waals surface area (Å²) in [5.41, 5.74) is 2.08. The lowest BCUT2D eigenvalue weighted by Crippen LogP contribution is -2.13. The van der Waals surface area contributed by atoms with Crippen molar-refractivity contribution in [2.75, 3.05) is 25.1 Å². The average molecular weight is 265 g/mol. The summed E-state index contributed by atoms with van der Waals surface area (Å²) in [6.07, 6.45) is 1.11. The van der Waals surface area contributed by atoms with Gasteiger partial charge >= 0.3 is 0 Å². The zero-order chi connectivity index (χ0) is 14.3. The van der Waals surface area contributed by atoms with Crippen LogP contribution >= 0.6 is 0 Å². The number of aromatic nitrogens is 2. The van der Waals surface area contributed by atoms with Crippen LogP contribution < -0.4 is 5.32 Å². The van der Waals surface area contributed by atoms with Crippen molar-refractivity contribution in [1.82, 2.24) is 9.97 Å². The van der Waals surface area contributed by atoms with Crippen LogP contribution in [0, 0.1) is 12.8 Å². The average Bonchev–Trinajstić information content (AvgIpc) is 2.32. The van der Waals surface area contributed by atoms with Crippen molar-refractivity contribution in [1.29, 1.82) is 0 Å². The lowest BCUT2D eigenvalue weighted by molar-refractivity contribution is 0.132. The Morgan fingerprint density at radius 2 is 1.89 bits per heavy atom. The maximum Gasteiger partial charge on any atom is 0.223 e. The molecule has 108 valence electrons. The summed E-state index contributed by atoms with van der Waals surface area (Å²) in [5, 5.41) is 3.22. The van der Waals surface area contributed by atoms with Gasteiger partial charge in [-0.15, -0.1) is 0 Å². The predicted molar refractivity (Wildman–Crippen MR) is 79.6 cm³/mol. The molecule has 0 saturated carbocycles. The Kier molecular flexibility index (Phi) is 6.78. The van der Waals surface area contributed by atoms with Gasteiger partial charge in [-0.3, -0.25) is 0 Å². The van der Waals surface area contributed by atoms with E-state index in [1.54, 1.807) is 0 Å². The van der Waals surface area contributed by atoms with Gasteiger partial charge in [0.15, 0.2) is 0 Å². The first-order valence-electron chi connectivity index (χ1n) is 7.16. The molecule has 4 nitrogen and oxygen atoms in total. The van der Waals surface area contributed by atoms with Crippen molar-refractivity contribution < 1.29 is 4.74 Å². The number of rotatable bonds is 8. The van der Waals surface area contributed by atoms with Crippen LogP contribution in [0.3, 0.4) is 0 Å². The molecule has 0 atom stereocenters. The minimum atomic E-state index is 0.421. The second-order valence-corrected chi connectivity index (χ2v) is 5.63. The standard InChI is InChI=1S/C15H27N3O/c1-11(2)6-8-19-9-7-16-15-17-13(5)10-14(18-15)12(3)4/h10-12H,6-9H2,1-5H3,(H,16,17,18). The van der Waals surface area contributed by atoms with E-state index in [2.05, 4.69) is 43.0 Å². The van der Waals surface area contributed by atoms with Crippen LogP contribution in [0.1, 0.15) is 51.4 Å². The third-order valence-electron chi connectivity index (χ3n) is 2.83. The van der Waals surface area contributed by atoms with E-state index < -0.39 is 0 Å². The molecule has 0 unspecified atom stereocenters. The molecule has 0 aliphatic rings. The normalized spacial score (nSPS) is 11.3. The third-order valence-corrected chi connectivity index (χ3v) is 2.83. The zero-order valence-electron chi connectivity index (χ0n) is 12.9. The van der Waals surface area contributed by atoms with E-state index in [0.717, 1.165) is 31.0 Å². The Morgan fingerprint density at radius 1 is 1.16 bits per heavy atom. The maximum atomic E-state index is 5.56. The molecule has 1 aromatic heterocycles. The van der Waals surface area contributed by atoms with Crippen molar-refractivity contribution in [2.24, 2.45) is 5.92 Å². The lowest BCUT2D eigenvalue weighted by Gasteiger charge is -2.10. The topological polar surface area (TPSA) is 47.0 Å². The van der Waals surface area contributed by atoms with Crippen molar-refractivity contribution >= 4 is 5.95 Å². The highest BCUT2D eigenvalue weighted by Crippen LogP contribution is 2.14. The highest BCUT2D eigenvalue weighted by atomic mass is 16.5. The summed E-state index contributed by atoms with van der Waals surface area (Å²) in [5.74, 6) is 1.82. The molecule has 0 fully saturated rings. The second kappa shape index (κ2) is 8.10. The Hall–Kier alpha value is -1.16. The minimum Gasteiger partial charge on any atom is -0.380 e. The molecule has 19 heavy (non-hydrogen) atoms. The molecule has 0 aliphatic heterocycles. The molecule has 0 aromatic carbocycles. The van der Waals surface area contributed by atoms with Crippen molar-refractivity contribution in [3.63, 3.8) is 0 Å². The minimum absolute atomic E-state index is 0.421. The van der Waals surface area contributed by atoms with Crippen LogP contribution in [-0.2, 0) is 4.74 Å². The predicted octanol–water partition coefficient (Wildman–Crippen LogP) is 3.38. The van der Waals surface area contributed by atoms with Crippen molar-refractivity contribution in [2.45, 2.75) is 47.0 Å². The largest absolute Gasteiger partial charge is 0.380 e. The lowest BCUT2D eigenvalue weighted by atomic mass is 10.1. The smallest absolute Gasteiger partial charge is 0.223 e. The molecular weight excluding hydrogens is 238 g/mol. The van der Waals surface area contributed by atoms with Gasteiger partial charge < -0.3 is 10.1 Å². The highest BCUT2D eigenvalue weighted by Gasteiger charge is 2.05. The molecule has 0 radical (unpaired) electrons. The van der Waals surface area contributed by atoms with Crippen LogP contribution in [0.2, 0.25) is 0 Å². The first-order chi connectivity index (χ1) is 8.99. The van der Waals surface area contributed by atoms with Crippen LogP contribution in [-0.4, -0.2) is 29.7 Å². The van der Waals surface area contributed by atoms with Gasteiger partial charge in [0.2, 0.25) is 5.95 Å². The monoisotopic (exact) mass is 265 g/mol. The van der Waals surface area contributed by atoms with Gasteiger partial charge in [-0.05, 0) is 31.2 Å². The number of hydrogen-bond acceptors (Lipinski definition) is 4. The van der Waals surface area contributed by atoms with E-state index >= 15 is 0 Å². The molecule has 0 spiro atoms. The van der Waals surface area contributed by atoms with Gasteiger partial charge in [0.25, 0.3) is 0 Å². The van der Waals surface area contributed by atoms with Gasteiger partial charge in [-0.2, -0.15) is 0 Å². The molecule has 0 aliphatic carbocycles. The summed E-state index contributed by atoms with van der Waals surface area (Å²) in [6, 6.07) is 2.04. The fraction of sp³-hybridized carbons (Fsp3) is 0.733. The van der Waals surface area contributed by atoms with Crippen molar-refractivity contribution in [3.05, 3.63) is 17.5 Å². The molecule has 0 saturated heterocycles. The molecular formula is C15H27N3O. The van der Waals surface area contributed by atoms with Crippen LogP contribution in [0.4, 0.5) is 5.95 Å². The Balaban J connectivity index is 2.33. The number of nitrogens with zero attached hydrogens (tertiary/aromatic N) is 2. The first kappa shape index (κ1) is 15.9. The Bertz CT molecular complexity index is 378. The Morgan fingerprint density at radius 3 is 2.53 bits per heavy atom. The fourth-order valence-electron chi connectivity index (χ4n) is 1.62. The van der Waals surface area contributed by atoms with E-state index in [0.29, 0.717) is 24.4 Å². The highest BCUT2D eigenvalue weighted by molar-refractivity contribution is 5.28. The van der Waals surface area contributed by atoms with E-state index in [1.807, 2.05) is 13.0 Å². The molecule has 0 amide bonds. The van der Waals surface area contributed by atoms with Crippen molar-refractivity contribution in [3.8, 4) is 0 Å². The number of hydrogen-bond donors (Lipinski definition) is 1. The third kappa shape index (κ3) is 6.53. The van der Waals surface area contributed by atoms with Crippen LogP contribution in [0.5, 0.6) is 0 Å². The number of anilines is 1. The number of aryl methyl sites for hydroxylation is 1. The summed E-state index contributed by atoms with van der Waals surface area (Å²) in [4.78, 5) is 8.89. The van der Waals surface area contributed by atoms with Gasteiger partial charge in [0.05, 0.1) is 6.61 Å². The van der Waals surface area contributed by atoms with Gasteiger partial charge in [-0.25, -0.2) is 9.97 Å². The van der Waals surface area contributed by atoms with Gasteiger partial charge in [0.1, 0.15) is 0 Å². The summed E-state index contributed by atoms with van der Waals surface area (Å²) in [6.45, 7) is 13.0.